The van der Waals surface area contributed by atoms with Gasteiger partial charge < -0.3 is 15.7 Å². The van der Waals surface area contributed by atoms with Crippen LogP contribution in [0.1, 0.15) is 18.9 Å². The second kappa shape index (κ2) is 8.11. The standard InChI is InChI=1S/C13H19BrN2O2/c1-2-12(9-17)16-13(18)15-7-6-10-4-3-5-11(14)8-10/h3-5,8,12,17H,2,6-7,9H2,1H3,(H2,15,16,18). The predicted octanol–water partition coefficient (Wildman–Crippen LogP) is 2.06. The Labute approximate surface area is 116 Å². The third kappa shape index (κ3) is 5.51. The molecule has 0 radical (unpaired) electrons. The van der Waals surface area contributed by atoms with E-state index in [-0.39, 0.29) is 18.7 Å². The maximum Gasteiger partial charge on any atom is 0.315 e. The molecule has 0 fully saturated rings. The molecule has 0 aromatic heterocycles. The van der Waals surface area contributed by atoms with Gasteiger partial charge in [0.2, 0.25) is 0 Å². The first kappa shape index (κ1) is 15.0. The fourth-order valence-corrected chi connectivity index (χ4v) is 1.97. The molecule has 18 heavy (non-hydrogen) atoms. The predicted molar refractivity (Wildman–Crippen MR) is 75.5 cm³/mol. The lowest BCUT2D eigenvalue weighted by Gasteiger charge is -2.14. The number of carbonyl (C=O) groups excluding carboxylic acids is 1. The SMILES string of the molecule is CCC(CO)NC(=O)NCCc1cccc(Br)c1. The van der Waals surface area contributed by atoms with Crippen LogP contribution in [-0.2, 0) is 6.42 Å². The van der Waals surface area contributed by atoms with Gasteiger partial charge in [0.05, 0.1) is 12.6 Å². The summed E-state index contributed by atoms with van der Waals surface area (Å²) in [7, 11) is 0. The van der Waals surface area contributed by atoms with Gasteiger partial charge in [0.15, 0.2) is 0 Å². The molecule has 1 aromatic rings. The van der Waals surface area contributed by atoms with Crippen molar-refractivity contribution in [3.05, 3.63) is 34.3 Å². The summed E-state index contributed by atoms with van der Waals surface area (Å²) < 4.78 is 1.04. The summed E-state index contributed by atoms with van der Waals surface area (Å²) in [4.78, 5) is 11.5. The van der Waals surface area contributed by atoms with Gasteiger partial charge in [-0.25, -0.2) is 4.79 Å². The van der Waals surface area contributed by atoms with E-state index >= 15 is 0 Å². The van der Waals surface area contributed by atoms with E-state index in [1.807, 2.05) is 31.2 Å². The zero-order chi connectivity index (χ0) is 13.4. The van der Waals surface area contributed by atoms with Crippen LogP contribution in [0.5, 0.6) is 0 Å². The Morgan fingerprint density at radius 2 is 2.28 bits per heavy atom. The molecule has 1 rings (SSSR count). The van der Waals surface area contributed by atoms with E-state index in [0.29, 0.717) is 6.54 Å². The molecule has 1 unspecified atom stereocenters. The molecule has 0 aliphatic carbocycles. The fourth-order valence-electron chi connectivity index (χ4n) is 1.53. The van der Waals surface area contributed by atoms with Crippen LogP contribution in [0.15, 0.2) is 28.7 Å². The van der Waals surface area contributed by atoms with Crippen LogP contribution in [0, 0.1) is 0 Å². The van der Waals surface area contributed by atoms with Crippen LogP contribution in [0.2, 0.25) is 0 Å². The lowest BCUT2D eigenvalue weighted by Crippen LogP contribution is -2.44. The van der Waals surface area contributed by atoms with Crippen LogP contribution in [0.25, 0.3) is 0 Å². The summed E-state index contributed by atoms with van der Waals surface area (Å²) in [6.07, 6.45) is 1.50. The Bertz CT molecular complexity index is 381. The number of rotatable bonds is 6. The second-order valence-corrected chi connectivity index (χ2v) is 4.98. The van der Waals surface area contributed by atoms with Crippen molar-refractivity contribution in [2.24, 2.45) is 0 Å². The van der Waals surface area contributed by atoms with E-state index in [0.717, 1.165) is 17.3 Å². The number of hydrogen-bond donors (Lipinski definition) is 3. The monoisotopic (exact) mass is 314 g/mol. The van der Waals surface area contributed by atoms with Crippen LogP contribution in [-0.4, -0.2) is 30.3 Å². The highest BCUT2D eigenvalue weighted by Gasteiger charge is 2.07. The molecule has 2 amide bonds. The van der Waals surface area contributed by atoms with E-state index in [1.54, 1.807) is 0 Å². The van der Waals surface area contributed by atoms with E-state index < -0.39 is 0 Å². The highest BCUT2D eigenvalue weighted by molar-refractivity contribution is 9.10. The topological polar surface area (TPSA) is 61.4 Å². The molecule has 5 heteroatoms. The van der Waals surface area contributed by atoms with Crippen LogP contribution in [0.3, 0.4) is 0 Å². The zero-order valence-corrected chi connectivity index (χ0v) is 12.0. The van der Waals surface area contributed by atoms with Crippen molar-refractivity contribution in [3.8, 4) is 0 Å². The Hall–Kier alpha value is -1.07. The lowest BCUT2D eigenvalue weighted by molar-refractivity contribution is 0.214. The van der Waals surface area contributed by atoms with Gasteiger partial charge in [0, 0.05) is 11.0 Å². The summed E-state index contributed by atoms with van der Waals surface area (Å²) >= 11 is 3.41. The molecule has 0 aliphatic rings. The average Bonchev–Trinajstić information content (AvgIpc) is 2.36. The number of urea groups is 1. The van der Waals surface area contributed by atoms with E-state index in [4.69, 9.17) is 5.11 Å². The smallest absolute Gasteiger partial charge is 0.315 e. The van der Waals surface area contributed by atoms with Gasteiger partial charge in [-0.05, 0) is 30.5 Å². The molecule has 4 nitrogen and oxygen atoms in total. The molecule has 0 saturated carbocycles. The van der Waals surface area contributed by atoms with Crippen molar-refractivity contribution in [1.82, 2.24) is 10.6 Å². The molecular formula is C13H19BrN2O2. The van der Waals surface area contributed by atoms with Gasteiger partial charge >= 0.3 is 6.03 Å². The van der Waals surface area contributed by atoms with Crippen molar-refractivity contribution >= 4 is 22.0 Å². The van der Waals surface area contributed by atoms with Crippen LogP contribution >= 0.6 is 15.9 Å². The molecule has 0 bridgehead atoms. The van der Waals surface area contributed by atoms with Gasteiger partial charge in [0.25, 0.3) is 0 Å². The Morgan fingerprint density at radius 1 is 1.50 bits per heavy atom. The summed E-state index contributed by atoms with van der Waals surface area (Å²) in [6, 6.07) is 7.59. The maximum atomic E-state index is 11.5. The fraction of sp³-hybridized carbons (Fsp3) is 0.462. The number of benzene rings is 1. The molecule has 3 N–H and O–H groups in total. The lowest BCUT2D eigenvalue weighted by atomic mass is 10.1. The first-order valence-electron chi connectivity index (χ1n) is 6.05. The van der Waals surface area contributed by atoms with E-state index in [2.05, 4.69) is 26.6 Å². The Kier molecular flexibility index (Phi) is 6.75. The Morgan fingerprint density at radius 3 is 2.89 bits per heavy atom. The van der Waals surface area contributed by atoms with Crippen molar-refractivity contribution in [2.45, 2.75) is 25.8 Å². The Balaban J connectivity index is 2.27. The van der Waals surface area contributed by atoms with Crippen LogP contribution in [0.4, 0.5) is 4.79 Å². The third-order valence-electron chi connectivity index (χ3n) is 2.64. The molecule has 100 valence electrons. The number of aliphatic hydroxyl groups is 1. The normalized spacial score (nSPS) is 11.9. The van der Waals surface area contributed by atoms with Crippen molar-refractivity contribution < 1.29 is 9.90 Å². The number of hydrogen-bond acceptors (Lipinski definition) is 2. The molecule has 0 saturated heterocycles. The van der Waals surface area contributed by atoms with Crippen molar-refractivity contribution in [2.75, 3.05) is 13.2 Å². The van der Waals surface area contributed by atoms with Gasteiger partial charge in [-0.15, -0.1) is 0 Å². The maximum absolute atomic E-state index is 11.5. The minimum atomic E-state index is -0.231. The van der Waals surface area contributed by atoms with Crippen LogP contribution < -0.4 is 10.6 Å². The third-order valence-corrected chi connectivity index (χ3v) is 3.13. The quantitative estimate of drug-likeness (QED) is 0.752. The molecular weight excluding hydrogens is 296 g/mol. The summed E-state index contributed by atoms with van der Waals surface area (Å²) in [6.45, 7) is 2.46. The molecule has 0 spiro atoms. The number of carbonyl (C=O) groups is 1. The minimum absolute atomic E-state index is 0.0322. The number of amides is 2. The van der Waals surface area contributed by atoms with Gasteiger partial charge in [0.1, 0.15) is 0 Å². The first-order valence-corrected chi connectivity index (χ1v) is 6.84. The van der Waals surface area contributed by atoms with Gasteiger partial charge in [-0.1, -0.05) is 35.0 Å². The number of halogens is 1. The average molecular weight is 315 g/mol. The highest BCUT2D eigenvalue weighted by atomic mass is 79.9. The summed E-state index contributed by atoms with van der Waals surface area (Å²) in [5.74, 6) is 0. The van der Waals surface area contributed by atoms with E-state index in [1.165, 1.54) is 5.56 Å². The van der Waals surface area contributed by atoms with Gasteiger partial charge in [-0.3, -0.25) is 0 Å². The summed E-state index contributed by atoms with van der Waals surface area (Å²) in [5.41, 5.74) is 1.17. The molecule has 1 atom stereocenters. The van der Waals surface area contributed by atoms with E-state index in [9.17, 15) is 4.79 Å². The summed E-state index contributed by atoms with van der Waals surface area (Å²) in [5, 5.41) is 14.4. The highest BCUT2D eigenvalue weighted by Crippen LogP contribution is 2.11. The van der Waals surface area contributed by atoms with Crippen molar-refractivity contribution in [3.63, 3.8) is 0 Å². The molecule has 0 aliphatic heterocycles. The largest absolute Gasteiger partial charge is 0.394 e. The van der Waals surface area contributed by atoms with Crippen molar-refractivity contribution in [1.29, 1.82) is 0 Å². The number of nitrogens with one attached hydrogen (secondary N) is 2. The van der Waals surface area contributed by atoms with Gasteiger partial charge in [-0.2, -0.15) is 0 Å². The molecule has 0 heterocycles. The minimum Gasteiger partial charge on any atom is -0.394 e. The molecule has 1 aromatic carbocycles. The zero-order valence-electron chi connectivity index (χ0n) is 10.4. The number of aliphatic hydroxyl groups excluding tert-OH is 1. The first-order chi connectivity index (χ1) is 8.65. The second-order valence-electron chi connectivity index (χ2n) is 4.07.